The number of fused-ring (bicyclic) bond motifs is 4. The van der Waals surface area contributed by atoms with Gasteiger partial charge in [0, 0.05) is 27.9 Å². The lowest BCUT2D eigenvalue weighted by Gasteiger charge is -2.28. The van der Waals surface area contributed by atoms with Crippen molar-refractivity contribution in [1.82, 2.24) is 0 Å². The van der Waals surface area contributed by atoms with Crippen molar-refractivity contribution < 1.29 is 0 Å². The highest BCUT2D eigenvalue weighted by molar-refractivity contribution is 6.09. The maximum Gasteiger partial charge on any atom is 0.0490 e. The summed E-state index contributed by atoms with van der Waals surface area (Å²) in [6, 6.07) is 44.1. The molecule has 0 spiro atoms. The lowest BCUT2D eigenvalue weighted by atomic mass is 9.75. The molecule has 0 heterocycles. The van der Waals surface area contributed by atoms with Crippen molar-refractivity contribution in [1.29, 1.82) is 0 Å². The summed E-state index contributed by atoms with van der Waals surface area (Å²) < 4.78 is 0. The first-order valence-electron chi connectivity index (χ1n) is 15.0. The van der Waals surface area contributed by atoms with Crippen molar-refractivity contribution in [3.8, 4) is 0 Å². The predicted octanol–water partition coefficient (Wildman–Crippen LogP) is 11.1. The van der Waals surface area contributed by atoms with E-state index in [0.717, 1.165) is 11.4 Å². The average Bonchev–Trinajstić information content (AvgIpc) is 3.40. The van der Waals surface area contributed by atoms with Gasteiger partial charge in [-0.15, -0.1) is 0 Å². The summed E-state index contributed by atoms with van der Waals surface area (Å²) in [5.74, 6) is 0. The fourth-order valence-corrected chi connectivity index (χ4v) is 7.23. The zero-order valence-electron chi connectivity index (χ0n) is 25.1. The summed E-state index contributed by atoms with van der Waals surface area (Å²) in [4.78, 5) is 2.33. The third-order valence-corrected chi connectivity index (χ3v) is 9.35. The van der Waals surface area contributed by atoms with E-state index in [4.69, 9.17) is 0 Å². The molecule has 7 rings (SSSR count). The van der Waals surface area contributed by atoms with Crippen LogP contribution in [0.15, 0.2) is 121 Å². The van der Waals surface area contributed by atoms with Gasteiger partial charge in [-0.25, -0.2) is 0 Å². The lowest BCUT2D eigenvalue weighted by Crippen LogP contribution is -2.19. The maximum atomic E-state index is 2.41. The van der Waals surface area contributed by atoms with Crippen molar-refractivity contribution >= 4 is 40.4 Å². The van der Waals surface area contributed by atoms with E-state index in [0.29, 0.717) is 0 Å². The second kappa shape index (κ2) is 9.74. The van der Waals surface area contributed by atoms with E-state index >= 15 is 0 Å². The number of hydrogen-bond donors (Lipinski definition) is 0. The van der Waals surface area contributed by atoms with Gasteiger partial charge in [0.05, 0.1) is 0 Å². The minimum absolute atomic E-state index is 0.0134. The van der Waals surface area contributed by atoms with Gasteiger partial charge in [0.25, 0.3) is 0 Å². The van der Waals surface area contributed by atoms with Crippen LogP contribution >= 0.6 is 0 Å². The fraction of sp³-hybridized carbons (Fsp3) is 0.171. The number of para-hydroxylation sites is 2. The van der Waals surface area contributed by atoms with E-state index in [1.165, 1.54) is 55.8 Å². The first-order valence-corrected chi connectivity index (χ1v) is 15.0. The van der Waals surface area contributed by atoms with E-state index < -0.39 is 0 Å². The highest BCUT2D eigenvalue weighted by Gasteiger charge is 2.49. The Morgan fingerprint density at radius 2 is 1.05 bits per heavy atom. The van der Waals surface area contributed by atoms with E-state index in [-0.39, 0.29) is 10.8 Å². The van der Waals surface area contributed by atoms with Gasteiger partial charge >= 0.3 is 0 Å². The predicted molar refractivity (Wildman–Crippen MR) is 181 cm³/mol. The molecule has 1 heteroatoms. The number of benzene rings is 5. The Kier molecular flexibility index (Phi) is 6.10. The number of rotatable bonds is 5. The smallest absolute Gasteiger partial charge is 0.0490 e. The normalized spacial score (nSPS) is 15.9. The first-order chi connectivity index (χ1) is 20.3. The third kappa shape index (κ3) is 4.07. The summed E-state index contributed by atoms with van der Waals surface area (Å²) in [7, 11) is 0. The molecular weight excluding hydrogens is 506 g/mol. The van der Waals surface area contributed by atoms with E-state index in [1.54, 1.807) is 0 Å². The number of allylic oxidation sites excluding steroid dienone is 2. The highest BCUT2D eigenvalue weighted by atomic mass is 15.1. The summed E-state index contributed by atoms with van der Waals surface area (Å²) in [6.07, 6.45) is 4.48. The van der Waals surface area contributed by atoms with Crippen LogP contribution in [-0.2, 0) is 10.8 Å². The molecule has 5 aromatic carbocycles. The molecule has 0 unspecified atom stereocenters. The third-order valence-electron chi connectivity index (χ3n) is 9.35. The Balaban J connectivity index is 1.19. The lowest BCUT2D eigenvalue weighted by molar-refractivity contribution is 0.694. The molecule has 0 amide bonds. The molecule has 0 atom stereocenters. The fourth-order valence-electron chi connectivity index (χ4n) is 7.23. The Hall–Kier alpha value is -4.62. The van der Waals surface area contributed by atoms with Crippen LogP contribution in [0, 0.1) is 6.92 Å². The summed E-state index contributed by atoms with van der Waals surface area (Å²) in [5.41, 5.74) is 15.9. The standard InChI is InChI=1S/C41H37N/c1-28-13-9-12-18-37(28)42(31-14-7-6-8-15-31)32-24-21-29(22-25-32)19-20-30-23-26-34-36(27-30)41(4,5)38-33-16-10-11-17-35(33)40(2,3)39(34)38/h6-27H,1-5H3/b20-19+. The van der Waals surface area contributed by atoms with E-state index in [2.05, 4.69) is 173 Å². The number of nitrogens with zero attached hydrogens (tertiary/aromatic N) is 1. The van der Waals surface area contributed by atoms with E-state index in [9.17, 15) is 0 Å². The van der Waals surface area contributed by atoms with Crippen LogP contribution < -0.4 is 4.90 Å². The van der Waals surface area contributed by atoms with E-state index in [1.807, 2.05) is 0 Å². The minimum atomic E-state index is -0.0312. The van der Waals surface area contributed by atoms with Gasteiger partial charge in [0.1, 0.15) is 0 Å². The Morgan fingerprint density at radius 3 is 1.79 bits per heavy atom. The Morgan fingerprint density at radius 1 is 0.500 bits per heavy atom. The van der Waals surface area contributed by atoms with Crippen LogP contribution in [0.4, 0.5) is 17.1 Å². The zero-order valence-corrected chi connectivity index (χ0v) is 25.1. The quantitative estimate of drug-likeness (QED) is 0.199. The van der Waals surface area contributed by atoms with Gasteiger partial charge < -0.3 is 4.90 Å². The Labute approximate surface area is 250 Å². The van der Waals surface area contributed by atoms with Gasteiger partial charge in [-0.05, 0) is 87.3 Å². The first kappa shape index (κ1) is 26.3. The van der Waals surface area contributed by atoms with Crippen molar-refractivity contribution in [2.45, 2.75) is 45.4 Å². The molecule has 0 fully saturated rings. The van der Waals surface area contributed by atoms with Crippen LogP contribution in [0.1, 0.15) is 66.6 Å². The molecule has 5 aromatic rings. The molecule has 42 heavy (non-hydrogen) atoms. The minimum Gasteiger partial charge on any atom is -0.310 e. The molecule has 0 N–H and O–H groups in total. The van der Waals surface area contributed by atoms with Crippen LogP contribution in [0.25, 0.3) is 23.3 Å². The molecule has 206 valence electrons. The second-order valence-corrected chi connectivity index (χ2v) is 12.7. The zero-order chi connectivity index (χ0) is 29.1. The summed E-state index contributed by atoms with van der Waals surface area (Å²) in [6.45, 7) is 11.7. The van der Waals surface area contributed by atoms with Crippen molar-refractivity contribution in [3.63, 3.8) is 0 Å². The van der Waals surface area contributed by atoms with Crippen molar-refractivity contribution in [3.05, 3.63) is 160 Å². The summed E-state index contributed by atoms with van der Waals surface area (Å²) in [5, 5.41) is 0. The van der Waals surface area contributed by atoms with Gasteiger partial charge in [-0.2, -0.15) is 0 Å². The molecule has 0 saturated carbocycles. The monoisotopic (exact) mass is 543 g/mol. The largest absolute Gasteiger partial charge is 0.310 e. The number of anilines is 3. The SMILES string of the molecule is Cc1ccccc1N(c1ccccc1)c1ccc(/C=C/c2ccc3c(c2)C(C)(C)C2=C3C(C)(C)c3ccccc32)cc1. The maximum absolute atomic E-state index is 2.41. The van der Waals surface area contributed by atoms with Gasteiger partial charge in [0.15, 0.2) is 0 Å². The van der Waals surface area contributed by atoms with Crippen LogP contribution in [0.2, 0.25) is 0 Å². The van der Waals surface area contributed by atoms with Crippen molar-refractivity contribution in [2.75, 3.05) is 4.90 Å². The van der Waals surface area contributed by atoms with Gasteiger partial charge in [-0.3, -0.25) is 0 Å². The molecule has 0 saturated heterocycles. The van der Waals surface area contributed by atoms with Crippen molar-refractivity contribution in [2.24, 2.45) is 0 Å². The van der Waals surface area contributed by atoms with Gasteiger partial charge in [0.2, 0.25) is 0 Å². The molecular formula is C41H37N. The topological polar surface area (TPSA) is 3.24 Å². The molecule has 0 radical (unpaired) electrons. The molecule has 2 aliphatic rings. The highest BCUT2D eigenvalue weighted by Crippen LogP contribution is 2.62. The molecule has 0 aliphatic heterocycles. The molecule has 0 aromatic heterocycles. The van der Waals surface area contributed by atoms with Crippen LogP contribution in [-0.4, -0.2) is 0 Å². The molecule has 0 bridgehead atoms. The molecule has 2 aliphatic carbocycles. The van der Waals surface area contributed by atoms with Crippen LogP contribution in [0.3, 0.4) is 0 Å². The van der Waals surface area contributed by atoms with Gasteiger partial charge in [-0.1, -0.05) is 131 Å². The number of hydrogen-bond acceptors (Lipinski definition) is 1. The second-order valence-electron chi connectivity index (χ2n) is 12.7. The molecule has 1 nitrogen and oxygen atoms in total. The van der Waals surface area contributed by atoms with Crippen LogP contribution in [0.5, 0.6) is 0 Å². The summed E-state index contributed by atoms with van der Waals surface area (Å²) >= 11 is 0. The average molecular weight is 544 g/mol. The Bertz CT molecular complexity index is 1870. The number of aryl methyl sites for hydroxylation is 1.